The molecule has 0 radical (unpaired) electrons. The molecule has 0 aliphatic carbocycles. The van der Waals surface area contributed by atoms with Crippen LogP contribution >= 0.6 is 11.8 Å². The normalized spacial score (nSPS) is 22.2. The molecule has 0 bridgehead atoms. The molecular formula is C13H27NS. The van der Waals surface area contributed by atoms with Crippen molar-refractivity contribution in [2.75, 3.05) is 18.1 Å². The molecule has 90 valence electrons. The van der Waals surface area contributed by atoms with Crippen LogP contribution in [0.3, 0.4) is 0 Å². The fourth-order valence-electron chi connectivity index (χ4n) is 2.06. The van der Waals surface area contributed by atoms with Crippen molar-refractivity contribution >= 4 is 11.8 Å². The van der Waals surface area contributed by atoms with Crippen molar-refractivity contribution in [1.29, 1.82) is 0 Å². The predicted molar refractivity (Wildman–Crippen MR) is 71.7 cm³/mol. The zero-order valence-electron chi connectivity index (χ0n) is 10.6. The van der Waals surface area contributed by atoms with E-state index in [1.54, 1.807) is 0 Å². The van der Waals surface area contributed by atoms with E-state index >= 15 is 0 Å². The van der Waals surface area contributed by atoms with Crippen LogP contribution in [-0.2, 0) is 0 Å². The lowest BCUT2D eigenvalue weighted by atomic mass is 9.86. The number of thioether (sulfide) groups is 1. The van der Waals surface area contributed by atoms with Crippen LogP contribution in [0.2, 0.25) is 0 Å². The predicted octanol–water partition coefficient (Wildman–Crippen LogP) is 3.69. The van der Waals surface area contributed by atoms with Gasteiger partial charge in [-0.1, -0.05) is 40.0 Å². The van der Waals surface area contributed by atoms with Gasteiger partial charge in [0.15, 0.2) is 0 Å². The molecule has 2 heteroatoms. The lowest BCUT2D eigenvalue weighted by Gasteiger charge is -2.27. The lowest BCUT2D eigenvalue weighted by Crippen LogP contribution is -2.37. The molecule has 1 fully saturated rings. The SMILES string of the molecule is CCCCCC(C)(C)CNC1CCSC1. The van der Waals surface area contributed by atoms with Crippen LogP contribution < -0.4 is 5.32 Å². The zero-order valence-corrected chi connectivity index (χ0v) is 11.5. The van der Waals surface area contributed by atoms with Crippen LogP contribution in [0.4, 0.5) is 0 Å². The molecule has 0 spiro atoms. The monoisotopic (exact) mass is 229 g/mol. The number of hydrogen-bond donors (Lipinski definition) is 1. The highest BCUT2D eigenvalue weighted by molar-refractivity contribution is 7.99. The summed E-state index contributed by atoms with van der Waals surface area (Å²) in [4.78, 5) is 0. The Morgan fingerprint density at radius 2 is 2.13 bits per heavy atom. The van der Waals surface area contributed by atoms with Crippen molar-refractivity contribution < 1.29 is 0 Å². The Kier molecular flexibility index (Phi) is 6.06. The maximum atomic E-state index is 3.73. The van der Waals surface area contributed by atoms with Crippen molar-refractivity contribution in [1.82, 2.24) is 5.32 Å². The fraction of sp³-hybridized carbons (Fsp3) is 1.00. The molecule has 0 saturated carbocycles. The minimum absolute atomic E-state index is 0.489. The Balaban J connectivity index is 2.10. The van der Waals surface area contributed by atoms with Crippen molar-refractivity contribution in [2.45, 2.75) is 58.9 Å². The second-order valence-corrected chi connectivity index (χ2v) is 6.71. The largest absolute Gasteiger partial charge is 0.313 e. The second kappa shape index (κ2) is 6.80. The Labute approximate surface area is 99.8 Å². The zero-order chi connectivity index (χ0) is 11.1. The number of rotatable bonds is 7. The van der Waals surface area contributed by atoms with Gasteiger partial charge in [-0.2, -0.15) is 11.8 Å². The average Bonchev–Trinajstić information content (AvgIpc) is 2.68. The number of hydrogen-bond acceptors (Lipinski definition) is 2. The number of unbranched alkanes of at least 4 members (excludes halogenated alkanes) is 2. The maximum absolute atomic E-state index is 3.73. The Hall–Kier alpha value is 0.310. The molecule has 0 aromatic carbocycles. The molecule has 15 heavy (non-hydrogen) atoms. The fourth-order valence-corrected chi connectivity index (χ4v) is 3.24. The summed E-state index contributed by atoms with van der Waals surface area (Å²) in [6.45, 7) is 8.28. The lowest BCUT2D eigenvalue weighted by molar-refractivity contribution is 0.291. The first-order chi connectivity index (χ1) is 7.14. The van der Waals surface area contributed by atoms with Gasteiger partial charge in [0.1, 0.15) is 0 Å². The maximum Gasteiger partial charge on any atom is 0.0166 e. The average molecular weight is 229 g/mol. The van der Waals surface area contributed by atoms with Gasteiger partial charge in [-0.15, -0.1) is 0 Å². The van der Waals surface area contributed by atoms with Gasteiger partial charge in [-0.25, -0.2) is 0 Å². The molecule has 1 aliphatic heterocycles. The third kappa shape index (κ3) is 5.82. The summed E-state index contributed by atoms with van der Waals surface area (Å²) in [5.41, 5.74) is 0.489. The van der Waals surface area contributed by atoms with E-state index in [4.69, 9.17) is 0 Å². The molecule has 1 nitrogen and oxygen atoms in total. The van der Waals surface area contributed by atoms with E-state index < -0.39 is 0 Å². The van der Waals surface area contributed by atoms with Crippen molar-refractivity contribution in [3.63, 3.8) is 0 Å². The van der Waals surface area contributed by atoms with Gasteiger partial charge in [-0.3, -0.25) is 0 Å². The van der Waals surface area contributed by atoms with Gasteiger partial charge < -0.3 is 5.32 Å². The molecule has 0 aromatic heterocycles. The Bertz CT molecular complexity index is 162. The molecular weight excluding hydrogens is 202 g/mol. The summed E-state index contributed by atoms with van der Waals surface area (Å²) < 4.78 is 0. The van der Waals surface area contributed by atoms with Gasteiger partial charge in [0.05, 0.1) is 0 Å². The van der Waals surface area contributed by atoms with Crippen molar-refractivity contribution in [3.05, 3.63) is 0 Å². The Morgan fingerprint density at radius 3 is 2.73 bits per heavy atom. The van der Waals surface area contributed by atoms with E-state index in [-0.39, 0.29) is 0 Å². The van der Waals surface area contributed by atoms with E-state index in [0.29, 0.717) is 5.41 Å². The highest BCUT2D eigenvalue weighted by Crippen LogP contribution is 2.24. The summed E-state index contributed by atoms with van der Waals surface area (Å²) in [6.07, 6.45) is 6.86. The van der Waals surface area contributed by atoms with Crippen LogP contribution in [0, 0.1) is 5.41 Å². The summed E-state index contributed by atoms with van der Waals surface area (Å²) >= 11 is 2.09. The van der Waals surface area contributed by atoms with Crippen LogP contribution in [0.1, 0.15) is 52.9 Å². The quantitative estimate of drug-likeness (QED) is 0.668. The minimum atomic E-state index is 0.489. The summed E-state index contributed by atoms with van der Waals surface area (Å²) in [7, 11) is 0. The molecule has 1 aliphatic rings. The molecule has 1 unspecified atom stereocenters. The van der Waals surface area contributed by atoms with Crippen LogP contribution in [0.15, 0.2) is 0 Å². The van der Waals surface area contributed by atoms with Gasteiger partial charge in [0.25, 0.3) is 0 Å². The van der Waals surface area contributed by atoms with Gasteiger partial charge in [-0.05, 0) is 24.0 Å². The van der Waals surface area contributed by atoms with E-state index in [0.717, 1.165) is 6.04 Å². The first-order valence-corrected chi connectivity index (χ1v) is 7.60. The third-order valence-corrected chi connectivity index (χ3v) is 4.42. The van der Waals surface area contributed by atoms with E-state index in [1.807, 2.05) is 0 Å². The molecule has 1 rings (SSSR count). The first kappa shape index (κ1) is 13.4. The minimum Gasteiger partial charge on any atom is -0.313 e. The Morgan fingerprint density at radius 1 is 1.33 bits per heavy atom. The van der Waals surface area contributed by atoms with Gasteiger partial charge in [0, 0.05) is 18.3 Å². The molecule has 1 heterocycles. The second-order valence-electron chi connectivity index (χ2n) is 5.56. The molecule has 0 amide bonds. The molecule has 1 atom stereocenters. The first-order valence-electron chi connectivity index (χ1n) is 6.45. The van der Waals surface area contributed by atoms with Crippen LogP contribution in [0.25, 0.3) is 0 Å². The van der Waals surface area contributed by atoms with Crippen molar-refractivity contribution in [3.8, 4) is 0 Å². The molecule has 0 aromatic rings. The van der Waals surface area contributed by atoms with E-state index in [9.17, 15) is 0 Å². The van der Waals surface area contributed by atoms with Crippen LogP contribution in [-0.4, -0.2) is 24.1 Å². The van der Waals surface area contributed by atoms with Crippen LogP contribution in [0.5, 0.6) is 0 Å². The van der Waals surface area contributed by atoms with E-state index in [1.165, 1.54) is 50.2 Å². The molecule has 1 saturated heterocycles. The summed E-state index contributed by atoms with van der Waals surface area (Å²) in [5.74, 6) is 2.68. The topological polar surface area (TPSA) is 12.0 Å². The smallest absolute Gasteiger partial charge is 0.0166 e. The standard InChI is InChI=1S/C13H27NS/c1-4-5-6-8-13(2,3)11-14-12-7-9-15-10-12/h12,14H,4-11H2,1-3H3. The summed E-state index contributed by atoms with van der Waals surface area (Å²) in [6, 6.07) is 0.792. The van der Waals surface area contributed by atoms with Gasteiger partial charge in [0.2, 0.25) is 0 Å². The van der Waals surface area contributed by atoms with Gasteiger partial charge >= 0.3 is 0 Å². The van der Waals surface area contributed by atoms with Crippen molar-refractivity contribution in [2.24, 2.45) is 5.41 Å². The highest BCUT2D eigenvalue weighted by atomic mass is 32.2. The number of nitrogens with one attached hydrogen (secondary N) is 1. The highest BCUT2D eigenvalue weighted by Gasteiger charge is 2.21. The third-order valence-electron chi connectivity index (χ3n) is 3.26. The summed E-state index contributed by atoms with van der Waals surface area (Å²) in [5, 5.41) is 3.73. The molecule has 1 N–H and O–H groups in total. The van der Waals surface area contributed by atoms with E-state index in [2.05, 4.69) is 37.8 Å².